The topological polar surface area (TPSA) is 77.8 Å². The lowest BCUT2D eigenvalue weighted by atomic mass is 9.92. The molecule has 0 aromatic rings. The van der Waals surface area contributed by atoms with Gasteiger partial charge in [0, 0.05) is 0 Å². The van der Waals surface area contributed by atoms with Gasteiger partial charge in [-0.1, -0.05) is 0 Å². The number of hydrogen-bond acceptors (Lipinski definition) is 4. The molecule has 0 heterocycles. The Hall–Kier alpha value is -0.710. The lowest BCUT2D eigenvalue weighted by Gasteiger charge is -2.26. The van der Waals surface area contributed by atoms with Gasteiger partial charge in [-0.25, -0.2) is 0 Å². The highest BCUT2D eigenvalue weighted by molar-refractivity contribution is 5.95. The van der Waals surface area contributed by atoms with Crippen molar-refractivity contribution in [3.63, 3.8) is 0 Å². The Morgan fingerprint density at radius 2 is 1.82 bits per heavy atom. The van der Waals surface area contributed by atoms with Crippen molar-refractivity contribution in [2.24, 2.45) is 0 Å². The molecule has 0 aromatic carbocycles. The first-order chi connectivity index (χ1) is 5.04. The molecule has 1 aliphatic carbocycles. The summed E-state index contributed by atoms with van der Waals surface area (Å²) in [6, 6.07) is 0. The zero-order valence-electron chi connectivity index (χ0n) is 6.06. The molecule has 0 saturated heterocycles. The van der Waals surface area contributed by atoms with Crippen LogP contribution in [0.4, 0.5) is 0 Å². The fraction of sp³-hybridized carbons (Fsp3) is 0.571. The molecule has 0 radical (unpaired) electrons. The second-order valence-electron chi connectivity index (χ2n) is 2.67. The largest absolute Gasteiger partial charge is 0.387 e. The van der Waals surface area contributed by atoms with Gasteiger partial charge >= 0.3 is 0 Å². The zero-order chi connectivity index (χ0) is 8.59. The molecule has 1 rings (SSSR count). The maximum absolute atomic E-state index is 10.8. The minimum absolute atomic E-state index is 0.382. The standard InChI is InChI=1S/C7H10O4/c1-3-2-4(8)6(10)7(11)5(3)9/h2,5-7,9-11H,1H3/t5-,6+,7+/m0/s1. The Morgan fingerprint density at radius 3 is 2.36 bits per heavy atom. The molecule has 62 valence electrons. The van der Waals surface area contributed by atoms with E-state index in [4.69, 9.17) is 15.3 Å². The number of carbonyl (C=O) groups excluding carboxylic acids is 1. The molecule has 3 N–H and O–H groups in total. The van der Waals surface area contributed by atoms with Crippen molar-refractivity contribution in [2.45, 2.75) is 25.2 Å². The smallest absolute Gasteiger partial charge is 0.186 e. The van der Waals surface area contributed by atoms with Gasteiger partial charge in [-0.3, -0.25) is 4.79 Å². The molecule has 0 amide bonds. The Balaban J connectivity index is 2.92. The summed E-state index contributed by atoms with van der Waals surface area (Å²) in [4.78, 5) is 10.8. The molecule has 11 heavy (non-hydrogen) atoms. The highest BCUT2D eigenvalue weighted by Gasteiger charge is 2.34. The van der Waals surface area contributed by atoms with Crippen molar-refractivity contribution < 1.29 is 20.1 Å². The van der Waals surface area contributed by atoms with Gasteiger partial charge in [-0.05, 0) is 18.6 Å². The fourth-order valence-electron chi connectivity index (χ4n) is 1.01. The van der Waals surface area contributed by atoms with Crippen LogP contribution in [0.5, 0.6) is 0 Å². The summed E-state index contributed by atoms with van der Waals surface area (Å²) < 4.78 is 0. The van der Waals surface area contributed by atoms with E-state index < -0.39 is 24.1 Å². The van der Waals surface area contributed by atoms with Gasteiger partial charge in [0.25, 0.3) is 0 Å². The highest BCUT2D eigenvalue weighted by Crippen LogP contribution is 2.16. The van der Waals surface area contributed by atoms with E-state index in [9.17, 15) is 4.79 Å². The van der Waals surface area contributed by atoms with Gasteiger partial charge in [-0.15, -0.1) is 0 Å². The lowest BCUT2D eigenvalue weighted by Crippen LogP contribution is -2.45. The summed E-state index contributed by atoms with van der Waals surface area (Å²) >= 11 is 0. The van der Waals surface area contributed by atoms with E-state index in [2.05, 4.69) is 0 Å². The summed E-state index contributed by atoms with van der Waals surface area (Å²) in [6.07, 6.45) is -2.84. The summed E-state index contributed by atoms with van der Waals surface area (Å²) in [5, 5.41) is 27.1. The van der Waals surface area contributed by atoms with Crippen LogP contribution >= 0.6 is 0 Å². The van der Waals surface area contributed by atoms with Crippen molar-refractivity contribution in [3.05, 3.63) is 11.6 Å². The molecule has 4 nitrogen and oxygen atoms in total. The number of hydrogen-bond donors (Lipinski definition) is 3. The third-order valence-corrected chi connectivity index (χ3v) is 1.77. The minimum atomic E-state index is -1.48. The van der Waals surface area contributed by atoms with Crippen molar-refractivity contribution in [1.82, 2.24) is 0 Å². The average Bonchev–Trinajstić information content (AvgIpc) is 1.97. The van der Waals surface area contributed by atoms with Crippen LogP contribution in [0, 0.1) is 0 Å². The average molecular weight is 158 g/mol. The van der Waals surface area contributed by atoms with Crippen LogP contribution in [-0.2, 0) is 4.79 Å². The van der Waals surface area contributed by atoms with Crippen molar-refractivity contribution in [1.29, 1.82) is 0 Å². The van der Waals surface area contributed by atoms with Crippen LogP contribution in [0.25, 0.3) is 0 Å². The van der Waals surface area contributed by atoms with Crippen molar-refractivity contribution >= 4 is 5.78 Å². The van der Waals surface area contributed by atoms with Crippen LogP contribution in [0.1, 0.15) is 6.92 Å². The summed E-state index contributed by atoms with van der Waals surface area (Å²) in [7, 11) is 0. The summed E-state index contributed by atoms with van der Waals surface area (Å²) in [5.41, 5.74) is 0.382. The van der Waals surface area contributed by atoms with Crippen LogP contribution in [0.15, 0.2) is 11.6 Å². The Kier molecular flexibility index (Phi) is 2.08. The van der Waals surface area contributed by atoms with Crippen molar-refractivity contribution in [2.75, 3.05) is 0 Å². The third-order valence-electron chi connectivity index (χ3n) is 1.77. The number of aliphatic hydroxyl groups excluding tert-OH is 3. The molecule has 0 spiro atoms. The van der Waals surface area contributed by atoms with Crippen LogP contribution in [0.2, 0.25) is 0 Å². The predicted molar refractivity (Wildman–Crippen MR) is 36.8 cm³/mol. The van der Waals surface area contributed by atoms with Crippen LogP contribution in [0.3, 0.4) is 0 Å². The first kappa shape index (κ1) is 8.39. The molecule has 3 atom stereocenters. The Bertz CT molecular complexity index is 208. The molecule has 0 fully saturated rings. The number of rotatable bonds is 0. The van der Waals surface area contributed by atoms with Crippen molar-refractivity contribution in [3.8, 4) is 0 Å². The van der Waals surface area contributed by atoms with E-state index in [0.29, 0.717) is 5.57 Å². The molecule has 0 saturated carbocycles. The maximum Gasteiger partial charge on any atom is 0.186 e. The van der Waals surface area contributed by atoms with E-state index in [1.165, 1.54) is 6.92 Å². The van der Waals surface area contributed by atoms with E-state index in [1.807, 2.05) is 0 Å². The monoisotopic (exact) mass is 158 g/mol. The molecular weight excluding hydrogens is 148 g/mol. The highest BCUT2D eigenvalue weighted by atomic mass is 16.4. The summed E-state index contributed by atoms with van der Waals surface area (Å²) in [6.45, 7) is 1.53. The first-order valence-electron chi connectivity index (χ1n) is 3.30. The predicted octanol–water partition coefficient (Wildman–Crippen LogP) is -1.40. The van der Waals surface area contributed by atoms with Gasteiger partial charge in [0.2, 0.25) is 0 Å². The van der Waals surface area contributed by atoms with Crippen LogP contribution in [-0.4, -0.2) is 39.4 Å². The fourth-order valence-corrected chi connectivity index (χ4v) is 1.01. The number of carbonyl (C=O) groups is 1. The number of aliphatic hydroxyl groups is 3. The quantitative estimate of drug-likeness (QED) is 0.405. The Morgan fingerprint density at radius 1 is 1.27 bits per heavy atom. The molecular formula is C7H10O4. The van der Waals surface area contributed by atoms with Gasteiger partial charge in [0.15, 0.2) is 5.78 Å². The van der Waals surface area contributed by atoms with E-state index in [0.717, 1.165) is 6.08 Å². The molecule has 4 heteroatoms. The van der Waals surface area contributed by atoms with Crippen LogP contribution < -0.4 is 0 Å². The molecule has 0 unspecified atom stereocenters. The zero-order valence-corrected chi connectivity index (χ0v) is 6.06. The first-order valence-corrected chi connectivity index (χ1v) is 3.30. The lowest BCUT2D eigenvalue weighted by molar-refractivity contribution is -0.134. The van der Waals surface area contributed by atoms with Gasteiger partial charge < -0.3 is 15.3 Å². The maximum atomic E-state index is 10.8. The van der Waals surface area contributed by atoms with Gasteiger partial charge in [0.05, 0.1) is 0 Å². The second kappa shape index (κ2) is 2.73. The molecule has 0 aliphatic heterocycles. The minimum Gasteiger partial charge on any atom is -0.387 e. The van der Waals surface area contributed by atoms with E-state index >= 15 is 0 Å². The third kappa shape index (κ3) is 1.33. The molecule has 0 bridgehead atoms. The second-order valence-corrected chi connectivity index (χ2v) is 2.67. The van der Waals surface area contributed by atoms with Gasteiger partial charge in [0.1, 0.15) is 18.3 Å². The summed E-state index contributed by atoms with van der Waals surface area (Å²) in [5.74, 6) is -0.555. The number of ketones is 1. The van der Waals surface area contributed by atoms with Gasteiger partial charge in [-0.2, -0.15) is 0 Å². The van der Waals surface area contributed by atoms with E-state index in [1.54, 1.807) is 0 Å². The Labute approximate surface area is 63.8 Å². The SMILES string of the molecule is CC1=CC(=O)[C@@H](O)[C@H](O)[C@H]1O. The van der Waals surface area contributed by atoms with E-state index in [-0.39, 0.29) is 0 Å². The molecule has 0 aromatic heterocycles. The normalized spacial score (nSPS) is 38.7. The molecule has 1 aliphatic rings.